The van der Waals surface area contributed by atoms with Gasteiger partial charge in [-0.3, -0.25) is 4.79 Å². The fraction of sp³-hybridized carbons (Fsp3) is 0.111. The predicted molar refractivity (Wildman–Crippen MR) is 84.9 cm³/mol. The SMILES string of the molecule is N#Cc1ccc(C(=O)N[C@@H](Cc2ccccc2C#N)C(=O)O)cc1. The molecule has 0 spiro atoms. The van der Waals surface area contributed by atoms with E-state index in [2.05, 4.69) is 5.32 Å². The first-order valence-electron chi connectivity index (χ1n) is 7.07. The van der Waals surface area contributed by atoms with Crippen LogP contribution in [0.2, 0.25) is 0 Å². The number of carboxylic acid groups (broad SMARTS) is 1. The van der Waals surface area contributed by atoms with Crippen LogP contribution in [-0.4, -0.2) is 23.0 Å². The maximum Gasteiger partial charge on any atom is 0.326 e. The third-order valence-electron chi connectivity index (χ3n) is 3.44. The summed E-state index contributed by atoms with van der Waals surface area (Å²) >= 11 is 0. The minimum atomic E-state index is -1.19. The zero-order valence-electron chi connectivity index (χ0n) is 12.6. The van der Waals surface area contributed by atoms with E-state index in [1.165, 1.54) is 24.3 Å². The summed E-state index contributed by atoms with van der Waals surface area (Å²) in [4.78, 5) is 23.6. The van der Waals surface area contributed by atoms with E-state index in [9.17, 15) is 14.7 Å². The fourth-order valence-corrected chi connectivity index (χ4v) is 2.17. The van der Waals surface area contributed by atoms with Crippen molar-refractivity contribution in [2.45, 2.75) is 12.5 Å². The molecule has 0 aliphatic rings. The second-order valence-corrected chi connectivity index (χ2v) is 5.03. The zero-order chi connectivity index (χ0) is 17.5. The molecule has 24 heavy (non-hydrogen) atoms. The molecule has 0 aliphatic heterocycles. The van der Waals surface area contributed by atoms with Gasteiger partial charge in [0.25, 0.3) is 5.91 Å². The summed E-state index contributed by atoms with van der Waals surface area (Å²) in [5.74, 6) is -1.74. The Morgan fingerprint density at radius 3 is 2.29 bits per heavy atom. The van der Waals surface area contributed by atoms with Crippen LogP contribution in [0.5, 0.6) is 0 Å². The van der Waals surface area contributed by atoms with Crippen molar-refractivity contribution >= 4 is 11.9 Å². The molecule has 0 saturated carbocycles. The number of nitriles is 2. The number of carbonyl (C=O) groups is 2. The second kappa shape index (κ2) is 7.57. The number of aliphatic carboxylic acids is 1. The number of rotatable bonds is 5. The van der Waals surface area contributed by atoms with Crippen molar-refractivity contribution in [1.29, 1.82) is 10.5 Å². The molecule has 118 valence electrons. The van der Waals surface area contributed by atoms with Gasteiger partial charge in [0.2, 0.25) is 0 Å². The van der Waals surface area contributed by atoms with E-state index < -0.39 is 17.9 Å². The third-order valence-corrected chi connectivity index (χ3v) is 3.44. The van der Waals surface area contributed by atoms with Crippen molar-refractivity contribution in [3.8, 4) is 12.1 Å². The van der Waals surface area contributed by atoms with Gasteiger partial charge in [0.15, 0.2) is 0 Å². The topological polar surface area (TPSA) is 114 Å². The van der Waals surface area contributed by atoms with Gasteiger partial charge in [0, 0.05) is 12.0 Å². The quantitative estimate of drug-likeness (QED) is 0.873. The lowest BCUT2D eigenvalue weighted by Gasteiger charge is -2.15. The largest absolute Gasteiger partial charge is 0.480 e. The average Bonchev–Trinajstić information content (AvgIpc) is 2.61. The van der Waals surface area contributed by atoms with E-state index in [-0.39, 0.29) is 12.0 Å². The average molecular weight is 319 g/mol. The number of benzene rings is 2. The Morgan fingerprint density at radius 2 is 1.71 bits per heavy atom. The molecule has 2 rings (SSSR count). The van der Waals surface area contributed by atoms with Gasteiger partial charge in [-0.1, -0.05) is 18.2 Å². The van der Waals surface area contributed by atoms with Crippen molar-refractivity contribution in [3.05, 3.63) is 70.8 Å². The molecule has 2 N–H and O–H groups in total. The van der Waals surface area contributed by atoms with Gasteiger partial charge < -0.3 is 10.4 Å². The summed E-state index contributed by atoms with van der Waals surface area (Å²) in [5.41, 5.74) is 1.59. The lowest BCUT2D eigenvalue weighted by Crippen LogP contribution is -2.42. The summed E-state index contributed by atoms with van der Waals surface area (Å²) in [6.45, 7) is 0. The Hall–Kier alpha value is -3.64. The molecule has 6 heteroatoms. The van der Waals surface area contributed by atoms with Crippen LogP contribution in [0.25, 0.3) is 0 Å². The van der Waals surface area contributed by atoms with Crippen LogP contribution in [0.4, 0.5) is 0 Å². The maximum absolute atomic E-state index is 12.2. The van der Waals surface area contributed by atoms with Gasteiger partial charge in [-0.15, -0.1) is 0 Å². The van der Waals surface area contributed by atoms with Crippen LogP contribution in [0, 0.1) is 22.7 Å². The van der Waals surface area contributed by atoms with Gasteiger partial charge in [-0.05, 0) is 35.9 Å². The van der Waals surface area contributed by atoms with E-state index in [0.29, 0.717) is 16.7 Å². The highest BCUT2D eigenvalue weighted by Crippen LogP contribution is 2.11. The molecule has 0 fully saturated rings. The van der Waals surface area contributed by atoms with E-state index in [4.69, 9.17) is 10.5 Å². The van der Waals surface area contributed by atoms with Crippen LogP contribution in [0.1, 0.15) is 27.0 Å². The Labute approximate surface area is 138 Å². The monoisotopic (exact) mass is 319 g/mol. The summed E-state index contributed by atoms with van der Waals surface area (Å²) in [6, 6.07) is 15.3. The predicted octanol–water partition coefficient (Wildman–Crippen LogP) is 1.86. The first-order chi connectivity index (χ1) is 11.5. The number of nitrogens with one attached hydrogen (secondary N) is 1. The summed E-state index contributed by atoms with van der Waals surface area (Å²) in [6.07, 6.45) is 0.00108. The van der Waals surface area contributed by atoms with Crippen molar-refractivity contribution in [2.75, 3.05) is 0 Å². The number of hydrogen-bond acceptors (Lipinski definition) is 4. The summed E-state index contributed by atoms with van der Waals surface area (Å²) in [5, 5.41) is 29.6. The zero-order valence-corrected chi connectivity index (χ0v) is 12.6. The number of carbonyl (C=O) groups excluding carboxylic acids is 1. The highest BCUT2D eigenvalue weighted by Gasteiger charge is 2.22. The molecule has 0 heterocycles. The van der Waals surface area contributed by atoms with Crippen molar-refractivity contribution in [2.24, 2.45) is 0 Å². The van der Waals surface area contributed by atoms with Gasteiger partial charge in [0.1, 0.15) is 6.04 Å². The first kappa shape index (κ1) is 16.7. The molecule has 2 aromatic rings. The lowest BCUT2D eigenvalue weighted by atomic mass is 10.0. The Kier molecular flexibility index (Phi) is 5.28. The van der Waals surface area contributed by atoms with E-state index in [0.717, 1.165) is 0 Å². The lowest BCUT2D eigenvalue weighted by molar-refractivity contribution is -0.139. The highest BCUT2D eigenvalue weighted by atomic mass is 16.4. The van der Waals surface area contributed by atoms with E-state index in [1.54, 1.807) is 24.3 Å². The van der Waals surface area contributed by atoms with Gasteiger partial charge >= 0.3 is 5.97 Å². The van der Waals surface area contributed by atoms with E-state index in [1.807, 2.05) is 12.1 Å². The van der Waals surface area contributed by atoms with Crippen molar-refractivity contribution in [3.63, 3.8) is 0 Å². The van der Waals surface area contributed by atoms with Gasteiger partial charge in [-0.2, -0.15) is 10.5 Å². The molecule has 6 nitrogen and oxygen atoms in total. The Balaban J connectivity index is 2.16. The number of nitrogens with zero attached hydrogens (tertiary/aromatic N) is 2. The maximum atomic E-state index is 12.2. The first-order valence-corrected chi connectivity index (χ1v) is 7.07. The summed E-state index contributed by atoms with van der Waals surface area (Å²) in [7, 11) is 0. The van der Waals surface area contributed by atoms with Crippen LogP contribution < -0.4 is 5.32 Å². The van der Waals surface area contributed by atoms with Crippen LogP contribution in [0.15, 0.2) is 48.5 Å². The molecule has 1 amide bonds. The third kappa shape index (κ3) is 3.96. The molecule has 0 bridgehead atoms. The molecular weight excluding hydrogens is 306 g/mol. The molecule has 0 radical (unpaired) electrons. The second-order valence-electron chi connectivity index (χ2n) is 5.03. The smallest absolute Gasteiger partial charge is 0.326 e. The normalized spacial score (nSPS) is 10.9. The van der Waals surface area contributed by atoms with Crippen molar-refractivity contribution in [1.82, 2.24) is 5.32 Å². The number of carboxylic acids is 1. The van der Waals surface area contributed by atoms with Crippen LogP contribution >= 0.6 is 0 Å². The fourth-order valence-electron chi connectivity index (χ4n) is 2.17. The molecule has 1 atom stereocenters. The van der Waals surface area contributed by atoms with Crippen LogP contribution in [0.3, 0.4) is 0 Å². The van der Waals surface area contributed by atoms with Crippen molar-refractivity contribution < 1.29 is 14.7 Å². The summed E-state index contributed by atoms with van der Waals surface area (Å²) < 4.78 is 0. The number of hydrogen-bond donors (Lipinski definition) is 2. The van der Waals surface area contributed by atoms with Crippen LogP contribution in [-0.2, 0) is 11.2 Å². The minimum Gasteiger partial charge on any atom is -0.480 e. The molecule has 0 saturated heterocycles. The Morgan fingerprint density at radius 1 is 1.04 bits per heavy atom. The minimum absolute atomic E-state index is 0.00108. The highest BCUT2D eigenvalue weighted by molar-refractivity contribution is 5.96. The van der Waals surface area contributed by atoms with Gasteiger partial charge in [-0.25, -0.2) is 4.79 Å². The molecule has 0 aliphatic carbocycles. The van der Waals surface area contributed by atoms with E-state index >= 15 is 0 Å². The Bertz CT molecular complexity index is 845. The number of amides is 1. The standard InChI is InChI=1S/C18H13N3O3/c19-10-12-5-7-13(8-6-12)17(22)21-16(18(23)24)9-14-3-1-2-4-15(14)11-20/h1-8,16H,9H2,(H,21,22)(H,23,24)/t16-/m0/s1. The molecule has 2 aromatic carbocycles. The molecule has 0 unspecified atom stereocenters. The molecular formula is C18H13N3O3. The molecule has 0 aromatic heterocycles. The van der Waals surface area contributed by atoms with Gasteiger partial charge in [0.05, 0.1) is 23.3 Å².